The Hall–Kier alpha value is -3.26. The van der Waals surface area contributed by atoms with E-state index in [-0.39, 0.29) is 5.91 Å². The highest BCUT2D eigenvalue weighted by molar-refractivity contribution is 5.96. The number of fused-ring (bicyclic) bond motifs is 2. The summed E-state index contributed by atoms with van der Waals surface area (Å²) in [5.74, 6) is -0.777. The monoisotopic (exact) mass is 437 g/mol. The lowest BCUT2D eigenvalue weighted by Gasteiger charge is -2.12. The second kappa shape index (κ2) is 10.4. The third-order valence-electron chi connectivity index (χ3n) is 5.27. The summed E-state index contributed by atoms with van der Waals surface area (Å²) in [6, 6.07) is 8.32. The number of aliphatic carboxylic acids is 1. The Morgan fingerprint density at radius 3 is 2.62 bits per heavy atom. The van der Waals surface area contributed by atoms with Gasteiger partial charge >= 0.3 is 0 Å². The molecule has 0 unspecified atom stereocenters. The van der Waals surface area contributed by atoms with Crippen molar-refractivity contribution in [3.05, 3.63) is 41.1 Å². The van der Waals surface area contributed by atoms with Crippen LogP contribution in [-0.2, 0) is 22.7 Å². The summed E-state index contributed by atoms with van der Waals surface area (Å²) in [4.78, 5) is 25.9. The summed E-state index contributed by atoms with van der Waals surface area (Å²) in [5.41, 5.74) is 6.97. The van der Waals surface area contributed by atoms with Gasteiger partial charge in [0.1, 0.15) is 5.69 Å². The number of carboxylic acid groups (broad SMARTS) is 1. The van der Waals surface area contributed by atoms with E-state index in [0.717, 1.165) is 78.5 Å². The topological polar surface area (TPSA) is 109 Å². The molecule has 8 nitrogen and oxygen atoms in total. The van der Waals surface area contributed by atoms with Crippen LogP contribution in [0.1, 0.15) is 49.9 Å². The lowest BCUT2D eigenvalue weighted by molar-refractivity contribution is -0.134. The van der Waals surface area contributed by atoms with Gasteiger partial charge in [0, 0.05) is 37.5 Å². The molecule has 3 aromatic rings. The van der Waals surface area contributed by atoms with Crippen molar-refractivity contribution in [2.75, 3.05) is 11.9 Å². The van der Waals surface area contributed by atoms with Crippen LogP contribution in [0.4, 0.5) is 5.69 Å². The fourth-order valence-electron chi connectivity index (χ4n) is 3.74. The van der Waals surface area contributed by atoms with Crippen LogP contribution in [0.2, 0.25) is 0 Å². The Kier molecular flexibility index (Phi) is 7.58. The molecular formula is C24H31N5O3. The van der Waals surface area contributed by atoms with Crippen molar-refractivity contribution in [2.24, 2.45) is 0 Å². The highest BCUT2D eigenvalue weighted by atomic mass is 16.4. The summed E-state index contributed by atoms with van der Waals surface area (Å²) >= 11 is 0. The minimum atomic E-state index is -0.833. The lowest BCUT2D eigenvalue weighted by atomic mass is 10.0. The molecule has 0 bridgehead atoms. The fourth-order valence-corrected chi connectivity index (χ4v) is 3.74. The van der Waals surface area contributed by atoms with Crippen molar-refractivity contribution in [3.63, 3.8) is 0 Å². The molecule has 1 amide bonds. The third-order valence-corrected chi connectivity index (χ3v) is 5.27. The van der Waals surface area contributed by atoms with E-state index in [2.05, 4.69) is 40.4 Å². The molecule has 32 heavy (non-hydrogen) atoms. The largest absolute Gasteiger partial charge is 0.481 e. The predicted molar refractivity (Wildman–Crippen MR) is 126 cm³/mol. The minimum Gasteiger partial charge on any atom is -0.481 e. The van der Waals surface area contributed by atoms with E-state index in [0.29, 0.717) is 6.42 Å². The van der Waals surface area contributed by atoms with Crippen molar-refractivity contribution in [1.29, 1.82) is 0 Å². The Morgan fingerprint density at radius 1 is 1.16 bits per heavy atom. The van der Waals surface area contributed by atoms with Gasteiger partial charge < -0.3 is 15.7 Å². The van der Waals surface area contributed by atoms with Crippen LogP contribution in [0.3, 0.4) is 0 Å². The van der Waals surface area contributed by atoms with E-state index < -0.39 is 5.97 Å². The second-order valence-electron chi connectivity index (χ2n) is 8.10. The zero-order chi connectivity index (χ0) is 23.3. The van der Waals surface area contributed by atoms with Crippen LogP contribution in [-0.4, -0.2) is 38.3 Å². The summed E-state index contributed by atoms with van der Waals surface area (Å²) in [7, 11) is 0. The van der Waals surface area contributed by atoms with Crippen LogP contribution < -0.4 is 10.6 Å². The highest BCUT2D eigenvalue weighted by Crippen LogP contribution is 2.29. The average molecular weight is 438 g/mol. The summed E-state index contributed by atoms with van der Waals surface area (Å²) in [5, 5.41) is 19.7. The van der Waals surface area contributed by atoms with Crippen LogP contribution in [0.15, 0.2) is 24.3 Å². The molecule has 4 rings (SSSR count). The quantitative estimate of drug-likeness (QED) is 0.568. The van der Waals surface area contributed by atoms with Crippen LogP contribution in [0.5, 0.6) is 0 Å². The number of carbonyl (C=O) groups is 2. The van der Waals surface area contributed by atoms with E-state index >= 15 is 0 Å². The predicted octanol–water partition coefficient (Wildman–Crippen LogP) is 4.04. The SMILES string of the molecule is CC(=O)O.CCCC(=O)Nc1cc2c(C)cc(-c3cc4n(n3)CCCNC4)nc2cc1C. The van der Waals surface area contributed by atoms with Gasteiger partial charge in [0.25, 0.3) is 5.97 Å². The van der Waals surface area contributed by atoms with Crippen LogP contribution in [0.25, 0.3) is 22.3 Å². The van der Waals surface area contributed by atoms with Crippen molar-refractivity contribution in [1.82, 2.24) is 20.1 Å². The van der Waals surface area contributed by atoms with Gasteiger partial charge in [-0.15, -0.1) is 0 Å². The average Bonchev–Trinajstić information content (AvgIpc) is 2.99. The molecule has 0 radical (unpaired) electrons. The Bertz CT molecular complexity index is 1110. The maximum atomic E-state index is 12.0. The van der Waals surface area contributed by atoms with Gasteiger partial charge in [-0.05, 0) is 68.6 Å². The molecule has 170 valence electrons. The molecule has 1 aliphatic rings. The van der Waals surface area contributed by atoms with Gasteiger partial charge in [-0.1, -0.05) is 6.92 Å². The number of aryl methyl sites for hydroxylation is 3. The third kappa shape index (κ3) is 5.70. The normalized spacial score (nSPS) is 13.0. The number of pyridine rings is 1. The van der Waals surface area contributed by atoms with E-state index in [1.807, 2.05) is 19.9 Å². The highest BCUT2D eigenvalue weighted by Gasteiger charge is 2.15. The molecule has 3 N–H and O–H groups in total. The molecule has 0 saturated carbocycles. The van der Waals surface area contributed by atoms with Crippen molar-refractivity contribution < 1.29 is 14.7 Å². The molecule has 8 heteroatoms. The van der Waals surface area contributed by atoms with Crippen molar-refractivity contribution in [3.8, 4) is 11.4 Å². The van der Waals surface area contributed by atoms with Gasteiger partial charge in [0.15, 0.2) is 0 Å². The fraction of sp³-hybridized carbons (Fsp3) is 0.417. The molecule has 0 spiro atoms. The number of carboxylic acids is 1. The number of benzene rings is 1. The number of aromatic nitrogens is 3. The lowest BCUT2D eigenvalue weighted by Crippen LogP contribution is -2.11. The van der Waals surface area contributed by atoms with Crippen LogP contribution >= 0.6 is 0 Å². The van der Waals surface area contributed by atoms with E-state index in [1.54, 1.807) is 0 Å². The second-order valence-corrected chi connectivity index (χ2v) is 8.10. The summed E-state index contributed by atoms with van der Waals surface area (Å²) in [6.45, 7) is 10.0. The first kappa shape index (κ1) is 23.4. The molecule has 0 atom stereocenters. The Morgan fingerprint density at radius 2 is 1.91 bits per heavy atom. The van der Waals surface area contributed by atoms with Gasteiger partial charge in [-0.2, -0.15) is 5.10 Å². The Balaban J connectivity index is 0.000000668. The zero-order valence-electron chi connectivity index (χ0n) is 19.2. The van der Waals surface area contributed by atoms with E-state index in [4.69, 9.17) is 20.0 Å². The first-order valence-electron chi connectivity index (χ1n) is 11.0. The van der Waals surface area contributed by atoms with Gasteiger partial charge in [-0.25, -0.2) is 4.98 Å². The molecule has 0 saturated heterocycles. The number of anilines is 1. The Labute approximate surface area is 188 Å². The summed E-state index contributed by atoms with van der Waals surface area (Å²) in [6.07, 6.45) is 2.46. The zero-order valence-corrected chi connectivity index (χ0v) is 19.2. The smallest absolute Gasteiger partial charge is 0.300 e. The number of nitrogens with one attached hydrogen (secondary N) is 2. The molecule has 3 heterocycles. The number of nitrogens with zero attached hydrogens (tertiary/aromatic N) is 3. The van der Waals surface area contributed by atoms with E-state index in [1.165, 1.54) is 5.69 Å². The number of amides is 1. The number of rotatable bonds is 4. The van der Waals surface area contributed by atoms with Crippen LogP contribution in [0, 0.1) is 13.8 Å². The first-order chi connectivity index (χ1) is 15.3. The molecular weight excluding hydrogens is 406 g/mol. The number of carbonyl (C=O) groups excluding carboxylic acids is 1. The number of hydrogen-bond donors (Lipinski definition) is 3. The minimum absolute atomic E-state index is 0.0558. The maximum absolute atomic E-state index is 12.0. The van der Waals surface area contributed by atoms with Gasteiger partial charge in [-0.3, -0.25) is 14.3 Å². The maximum Gasteiger partial charge on any atom is 0.300 e. The van der Waals surface area contributed by atoms with E-state index in [9.17, 15) is 4.79 Å². The molecule has 0 aliphatic carbocycles. The van der Waals surface area contributed by atoms with Crippen molar-refractivity contribution >= 4 is 28.5 Å². The molecule has 1 aliphatic heterocycles. The first-order valence-corrected chi connectivity index (χ1v) is 11.0. The standard InChI is InChI=1S/C22H27N5O.C2H4O2/c1-4-6-22(28)25-18-12-17-14(2)9-20(24-19(17)10-15(18)3)21-11-16-13-23-7-5-8-27(16)26-21;1-2(3)4/h9-12,23H,4-8,13H2,1-3H3,(H,25,28);1H3,(H,3,4). The molecule has 1 aromatic carbocycles. The molecule has 2 aromatic heterocycles. The molecule has 0 fully saturated rings. The van der Waals surface area contributed by atoms with Crippen molar-refractivity contribution in [2.45, 2.75) is 60.0 Å². The number of hydrogen-bond acceptors (Lipinski definition) is 5. The summed E-state index contributed by atoms with van der Waals surface area (Å²) < 4.78 is 2.09. The van der Waals surface area contributed by atoms with Gasteiger partial charge in [0.2, 0.25) is 5.91 Å². The van der Waals surface area contributed by atoms with Gasteiger partial charge in [0.05, 0.1) is 16.9 Å².